The molecule has 1 aliphatic heterocycles. The van der Waals surface area contributed by atoms with Crippen molar-refractivity contribution in [3.05, 3.63) is 35.4 Å². The predicted molar refractivity (Wildman–Crippen MR) is 82.6 cm³/mol. The topological polar surface area (TPSA) is 32.3 Å². The number of nitrogens with zero attached hydrogens (tertiary/aromatic N) is 1. The van der Waals surface area contributed by atoms with Crippen LogP contribution >= 0.6 is 0 Å². The number of hydrogen-bond donors (Lipinski definition) is 1. The molecule has 0 radical (unpaired) electrons. The summed E-state index contributed by atoms with van der Waals surface area (Å²) in [7, 11) is 0. The number of carbonyl (C=O) groups excluding carboxylic acids is 1. The molecule has 0 saturated carbocycles. The van der Waals surface area contributed by atoms with E-state index in [0.717, 1.165) is 43.5 Å². The monoisotopic (exact) mass is 274 g/mol. The number of benzene rings is 1. The molecule has 0 aromatic heterocycles. The number of nitrogens with one attached hydrogen (secondary N) is 1. The minimum Gasteiger partial charge on any atom is -0.319 e. The molecule has 1 heterocycles. The van der Waals surface area contributed by atoms with E-state index in [0.29, 0.717) is 5.92 Å². The third kappa shape index (κ3) is 3.21. The molecular formula is C17H26N2O. The smallest absolute Gasteiger partial charge is 0.255 e. The average Bonchev–Trinajstić information content (AvgIpc) is 2.70. The van der Waals surface area contributed by atoms with Gasteiger partial charge < -0.3 is 4.90 Å². The van der Waals surface area contributed by atoms with E-state index in [9.17, 15) is 4.79 Å². The summed E-state index contributed by atoms with van der Waals surface area (Å²) < 4.78 is 0. The number of unbranched alkanes of at least 4 members (excludes halogenated alkanes) is 1. The minimum absolute atomic E-state index is 0.0593. The SMILES string of the molecule is CCCCN1C(=O)c2ccccc2[C@@H]1NCCC(C)C. The largest absolute Gasteiger partial charge is 0.319 e. The minimum atomic E-state index is 0.0593. The molecule has 1 aromatic rings. The molecule has 1 atom stereocenters. The average molecular weight is 274 g/mol. The Morgan fingerprint density at radius 1 is 1.30 bits per heavy atom. The van der Waals surface area contributed by atoms with Gasteiger partial charge in [0.15, 0.2) is 0 Å². The maximum Gasteiger partial charge on any atom is 0.255 e. The van der Waals surface area contributed by atoms with Crippen LogP contribution in [-0.4, -0.2) is 23.9 Å². The van der Waals surface area contributed by atoms with Crippen LogP contribution in [0.1, 0.15) is 62.1 Å². The maximum atomic E-state index is 12.5. The lowest BCUT2D eigenvalue weighted by atomic mass is 10.1. The number of rotatable bonds is 7. The van der Waals surface area contributed by atoms with Crippen LogP contribution in [0.5, 0.6) is 0 Å². The fourth-order valence-electron chi connectivity index (χ4n) is 2.66. The summed E-state index contributed by atoms with van der Waals surface area (Å²) in [6.07, 6.45) is 3.36. The van der Waals surface area contributed by atoms with Crippen LogP contribution in [0.2, 0.25) is 0 Å². The first-order valence-electron chi connectivity index (χ1n) is 7.78. The molecule has 0 saturated heterocycles. The highest BCUT2D eigenvalue weighted by molar-refractivity contribution is 5.99. The van der Waals surface area contributed by atoms with Gasteiger partial charge in [-0.2, -0.15) is 0 Å². The third-order valence-corrected chi connectivity index (χ3v) is 3.87. The van der Waals surface area contributed by atoms with Gasteiger partial charge in [0.25, 0.3) is 5.91 Å². The van der Waals surface area contributed by atoms with Gasteiger partial charge in [0.05, 0.1) is 0 Å². The van der Waals surface area contributed by atoms with E-state index in [-0.39, 0.29) is 12.1 Å². The second-order valence-corrected chi connectivity index (χ2v) is 5.98. The number of fused-ring (bicyclic) bond motifs is 1. The Hall–Kier alpha value is -1.35. The molecule has 0 bridgehead atoms. The maximum absolute atomic E-state index is 12.5. The van der Waals surface area contributed by atoms with Gasteiger partial charge in [-0.15, -0.1) is 0 Å². The van der Waals surface area contributed by atoms with E-state index >= 15 is 0 Å². The van der Waals surface area contributed by atoms with Gasteiger partial charge >= 0.3 is 0 Å². The molecular weight excluding hydrogens is 248 g/mol. The van der Waals surface area contributed by atoms with Crippen LogP contribution in [0.15, 0.2) is 24.3 Å². The second kappa shape index (κ2) is 6.89. The van der Waals surface area contributed by atoms with Crippen molar-refractivity contribution < 1.29 is 4.79 Å². The highest BCUT2D eigenvalue weighted by Crippen LogP contribution is 2.31. The van der Waals surface area contributed by atoms with Gasteiger partial charge in [0.2, 0.25) is 0 Å². The second-order valence-electron chi connectivity index (χ2n) is 5.98. The molecule has 0 aliphatic carbocycles. The Balaban J connectivity index is 2.12. The molecule has 1 aromatic carbocycles. The van der Waals surface area contributed by atoms with E-state index in [4.69, 9.17) is 0 Å². The quantitative estimate of drug-likeness (QED) is 0.824. The predicted octanol–water partition coefficient (Wildman–Crippen LogP) is 3.58. The first kappa shape index (κ1) is 15.0. The highest BCUT2D eigenvalue weighted by Gasteiger charge is 2.35. The highest BCUT2D eigenvalue weighted by atomic mass is 16.2. The summed E-state index contributed by atoms with van der Waals surface area (Å²) in [6.45, 7) is 8.40. The molecule has 1 N–H and O–H groups in total. The molecule has 0 spiro atoms. The van der Waals surface area contributed by atoms with Gasteiger partial charge in [-0.05, 0) is 31.4 Å². The van der Waals surface area contributed by atoms with Crippen molar-refractivity contribution >= 4 is 5.91 Å². The van der Waals surface area contributed by atoms with Crippen LogP contribution in [0, 0.1) is 5.92 Å². The molecule has 0 fully saturated rings. The van der Waals surface area contributed by atoms with Crippen molar-refractivity contribution in [3.63, 3.8) is 0 Å². The number of amides is 1. The first-order valence-corrected chi connectivity index (χ1v) is 7.78. The molecule has 2 rings (SSSR count). The summed E-state index contributed by atoms with van der Waals surface area (Å²) in [4.78, 5) is 14.5. The van der Waals surface area contributed by atoms with Crippen LogP contribution in [0.4, 0.5) is 0 Å². The zero-order valence-electron chi connectivity index (χ0n) is 12.9. The van der Waals surface area contributed by atoms with Gasteiger partial charge in [0.1, 0.15) is 6.17 Å². The zero-order valence-corrected chi connectivity index (χ0v) is 12.9. The van der Waals surface area contributed by atoms with Crippen LogP contribution < -0.4 is 5.32 Å². The van der Waals surface area contributed by atoms with Crippen molar-refractivity contribution in [3.8, 4) is 0 Å². The Bertz CT molecular complexity index is 456. The fraction of sp³-hybridized carbons (Fsp3) is 0.588. The summed E-state index contributed by atoms with van der Waals surface area (Å²) >= 11 is 0. The summed E-state index contributed by atoms with van der Waals surface area (Å²) in [6, 6.07) is 7.99. The Kier molecular flexibility index (Phi) is 5.18. The lowest BCUT2D eigenvalue weighted by Crippen LogP contribution is -2.38. The van der Waals surface area contributed by atoms with Gasteiger partial charge in [-0.1, -0.05) is 45.4 Å². The lowest BCUT2D eigenvalue weighted by Gasteiger charge is -2.26. The first-order chi connectivity index (χ1) is 9.65. The molecule has 1 amide bonds. The molecule has 3 heteroatoms. The number of hydrogen-bond acceptors (Lipinski definition) is 2. The summed E-state index contributed by atoms with van der Waals surface area (Å²) in [5, 5.41) is 3.56. The molecule has 3 nitrogen and oxygen atoms in total. The van der Waals surface area contributed by atoms with Crippen molar-refractivity contribution in [2.45, 2.75) is 46.2 Å². The van der Waals surface area contributed by atoms with Crippen molar-refractivity contribution in [1.29, 1.82) is 0 Å². The lowest BCUT2D eigenvalue weighted by molar-refractivity contribution is 0.0691. The van der Waals surface area contributed by atoms with Gasteiger partial charge in [-0.3, -0.25) is 10.1 Å². The normalized spacial score (nSPS) is 17.9. The molecule has 0 unspecified atom stereocenters. The Labute approximate surface area is 122 Å². The van der Waals surface area contributed by atoms with Crippen LogP contribution in [-0.2, 0) is 0 Å². The standard InChI is InChI=1S/C17H26N2O/c1-4-5-12-19-16(18-11-10-13(2)3)14-8-6-7-9-15(14)17(19)20/h6-9,13,16,18H,4-5,10-12H2,1-3H3/t16-/m1/s1. The summed E-state index contributed by atoms with van der Waals surface area (Å²) in [5.41, 5.74) is 2.00. The fourth-order valence-corrected chi connectivity index (χ4v) is 2.66. The Morgan fingerprint density at radius 3 is 2.75 bits per heavy atom. The molecule has 1 aliphatic rings. The van der Waals surface area contributed by atoms with E-state index in [1.165, 1.54) is 0 Å². The van der Waals surface area contributed by atoms with Crippen molar-refractivity contribution in [2.24, 2.45) is 5.92 Å². The van der Waals surface area contributed by atoms with E-state index in [2.05, 4.69) is 32.2 Å². The van der Waals surface area contributed by atoms with E-state index in [1.54, 1.807) is 0 Å². The molecule has 20 heavy (non-hydrogen) atoms. The number of carbonyl (C=O) groups is 1. The third-order valence-electron chi connectivity index (χ3n) is 3.87. The Morgan fingerprint density at radius 2 is 2.05 bits per heavy atom. The van der Waals surface area contributed by atoms with Crippen LogP contribution in [0.3, 0.4) is 0 Å². The van der Waals surface area contributed by atoms with E-state index in [1.807, 2.05) is 23.1 Å². The van der Waals surface area contributed by atoms with Gasteiger partial charge in [0, 0.05) is 17.7 Å². The van der Waals surface area contributed by atoms with Gasteiger partial charge in [-0.25, -0.2) is 0 Å². The zero-order chi connectivity index (χ0) is 14.5. The summed E-state index contributed by atoms with van der Waals surface area (Å²) in [5.74, 6) is 0.857. The van der Waals surface area contributed by atoms with Crippen molar-refractivity contribution in [1.82, 2.24) is 10.2 Å². The molecule has 110 valence electrons. The van der Waals surface area contributed by atoms with E-state index < -0.39 is 0 Å². The van der Waals surface area contributed by atoms with Crippen LogP contribution in [0.25, 0.3) is 0 Å². The van der Waals surface area contributed by atoms with Crippen molar-refractivity contribution in [2.75, 3.05) is 13.1 Å².